The molecule has 0 saturated heterocycles. The van der Waals surface area contributed by atoms with Crippen LogP contribution in [0.4, 0.5) is 0 Å². The molecule has 0 aliphatic heterocycles. The van der Waals surface area contributed by atoms with E-state index < -0.39 is 0 Å². The van der Waals surface area contributed by atoms with Crippen molar-refractivity contribution < 1.29 is 0 Å². The van der Waals surface area contributed by atoms with Gasteiger partial charge < -0.3 is 0 Å². The normalized spacial score (nSPS) is 11.0. The Kier molecular flexibility index (Phi) is 9.32. The summed E-state index contributed by atoms with van der Waals surface area (Å²) in [5, 5.41) is 0. The molecule has 0 unspecified atom stereocenters. The highest BCUT2D eigenvalue weighted by Gasteiger charge is 2.16. The second-order valence-electron chi connectivity index (χ2n) is 13.9. The number of aromatic nitrogens is 5. The van der Waals surface area contributed by atoms with Gasteiger partial charge in [-0.15, -0.1) is 0 Å². The average molecular weight is 720 g/mol. The van der Waals surface area contributed by atoms with Crippen LogP contribution >= 0.6 is 0 Å². The van der Waals surface area contributed by atoms with Gasteiger partial charge >= 0.3 is 0 Å². The molecular weight excluding hydrogens is 683 g/mol. The molecule has 0 aliphatic carbocycles. The van der Waals surface area contributed by atoms with Crippen molar-refractivity contribution in [1.29, 1.82) is 0 Å². The van der Waals surface area contributed by atoms with Crippen LogP contribution in [0.15, 0.2) is 188 Å². The molecule has 3 aromatic heterocycles. The lowest BCUT2D eigenvalue weighted by Crippen LogP contribution is -2.01. The number of pyridine rings is 2. The second kappa shape index (κ2) is 15.2. The summed E-state index contributed by atoms with van der Waals surface area (Å²) >= 11 is 0. The molecule has 3 heterocycles. The van der Waals surface area contributed by atoms with E-state index in [1.54, 1.807) is 0 Å². The maximum absolute atomic E-state index is 5.22. The molecule has 266 valence electrons. The van der Waals surface area contributed by atoms with Gasteiger partial charge in [-0.1, -0.05) is 121 Å². The van der Waals surface area contributed by atoms with Gasteiger partial charge in [0.1, 0.15) is 0 Å². The number of aryl methyl sites for hydroxylation is 2. The molecule has 0 radical (unpaired) electrons. The highest BCUT2D eigenvalue weighted by Crippen LogP contribution is 2.35. The summed E-state index contributed by atoms with van der Waals surface area (Å²) in [6.07, 6.45) is 3.70. The maximum atomic E-state index is 5.22. The summed E-state index contributed by atoms with van der Waals surface area (Å²) < 4.78 is 0. The minimum atomic E-state index is 0.597. The lowest BCUT2D eigenvalue weighted by Gasteiger charge is -2.13. The number of benzene rings is 6. The van der Waals surface area contributed by atoms with Gasteiger partial charge in [-0.3, -0.25) is 9.97 Å². The summed E-state index contributed by atoms with van der Waals surface area (Å²) in [6.45, 7) is 4.02. The molecule has 5 heteroatoms. The van der Waals surface area contributed by atoms with Gasteiger partial charge in [0.2, 0.25) is 0 Å². The summed E-state index contributed by atoms with van der Waals surface area (Å²) in [5.41, 5.74) is 15.7. The first-order valence-electron chi connectivity index (χ1n) is 18.7. The first-order valence-corrected chi connectivity index (χ1v) is 18.7. The lowest BCUT2D eigenvalue weighted by molar-refractivity contribution is 1.07. The summed E-state index contributed by atoms with van der Waals surface area (Å²) in [7, 11) is 0. The fraction of sp³-hybridized carbons (Fsp3) is 0.0392. The van der Waals surface area contributed by atoms with Crippen LogP contribution in [0.3, 0.4) is 0 Å². The molecule has 9 aromatic rings. The molecule has 5 nitrogen and oxygen atoms in total. The molecule has 0 bridgehead atoms. The molecule has 56 heavy (non-hydrogen) atoms. The Morgan fingerprint density at radius 3 is 1.04 bits per heavy atom. The quantitative estimate of drug-likeness (QED) is 0.156. The van der Waals surface area contributed by atoms with Crippen molar-refractivity contribution in [1.82, 2.24) is 24.9 Å². The first kappa shape index (κ1) is 34.4. The zero-order chi connectivity index (χ0) is 37.8. The molecule has 9 rings (SSSR count). The highest BCUT2D eigenvalue weighted by atomic mass is 15.0. The molecule has 0 N–H and O–H groups in total. The zero-order valence-electron chi connectivity index (χ0n) is 31.1. The van der Waals surface area contributed by atoms with Crippen molar-refractivity contribution in [3.8, 4) is 89.8 Å². The predicted octanol–water partition coefficient (Wildman–Crippen LogP) is 12.6. The van der Waals surface area contributed by atoms with Crippen LogP contribution in [0.5, 0.6) is 0 Å². The van der Waals surface area contributed by atoms with Crippen LogP contribution in [0, 0.1) is 13.8 Å². The van der Waals surface area contributed by atoms with Crippen LogP contribution in [-0.4, -0.2) is 24.9 Å². The van der Waals surface area contributed by atoms with Crippen LogP contribution in [0.2, 0.25) is 0 Å². The maximum Gasteiger partial charge on any atom is 0.164 e. The zero-order valence-corrected chi connectivity index (χ0v) is 31.1. The molecule has 0 aliphatic rings. The fourth-order valence-electron chi connectivity index (χ4n) is 7.10. The van der Waals surface area contributed by atoms with E-state index in [1.165, 1.54) is 11.1 Å². The van der Waals surface area contributed by atoms with Crippen molar-refractivity contribution >= 4 is 0 Å². The summed E-state index contributed by atoms with van der Waals surface area (Å²) in [5.74, 6) is 1.79. The Bertz CT molecular complexity index is 2710. The van der Waals surface area contributed by atoms with Gasteiger partial charge in [0.05, 0.1) is 0 Å². The van der Waals surface area contributed by atoms with Crippen molar-refractivity contribution in [2.75, 3.05) is 0 Å². The van der Waals surface area contributed by atoms with E-state index in [2.05, 4.69) is 162 Å². The van der Waals surface area contributed by atoms with Gasteiger partial charge in [0.15, 0.2) is 17.5 Å². The van der Waals surface area contributed by atoms with Crippen LogP contribution in [0.1, 0.15) is 11.4 Å². The molecule has 0 spiro atoms. The molecular formula is C51H37N5. The Morgan fingerprint density at radius 2 is 0.571 bits per heavy atom. The number of hydrogen-bond donors (Lipinski definition) is 0. The molecule has 0 atom stereocenters. The molecule has 6 aromatic carbocycles. The van der Waals surface area contributed by atoms with Crippen molar-refractivity contribution in [2.45, 2.75) is 13.8 Å². The predicted molar refractivity (Wildman–Crippen MR) is 228 cm³/mol. The molecule has 0 saturated carbocycles. The van der Waals surface area contributed by atoms with E-state index in [4.69, 9.17) is 15.0 Å². The van der Waals surface area contributed by atoms with Gasteiger partial charge in [-0.25, -0.2) is 15.0 Å². The Labute approximate surface area is 327 Å². The SMILES string of the molecule is Cc1cc(-c2cccc(-c3nc(-c4cccc(-c5ccnc(C)c5)c4)nc(-c4cc(-c5ccccc5)cc(-c5ccc(-c6ccccc6)cc5)c4)n3)c2)ccn1. The van der Waals surface area contributed by atoms with E-state index in [0.29, 0.717) is 17.5 Å². The van der Waals surface area contributed by atoms with Crippen molar-refractivity contribution in [2.24, 2.45) is 0 Å². The van der Waals surface area contributed by atoms with Crippen molar-refractivity contribution in [3.63, 3.8) is 0 Å². The minimum absolute atomic E-state index is 0.597. The Morgan fingerprint density at radius 1 is 0.250 bits per heavy atom. The van der Waals surface area contributed by atoms with E-state index in [9.17, 15) is 0 Å². The van der Waals surface area contributed by atoms with Crippen LogP contribution < -0.4 is 0 Å². The molecule has 0 amide bonds. The second-order valence-corrected chi connectivity index (χ2v) is 13.9. The first-order chi connectivity index (χ1) is 27.5. The lowest BCUT2D eigenvalue weighted by atomic mass is 9.94. The standard InChI is InChI=1S/C51H37N5/c1-34-27-42(23-25-52-34)40-15-9-17-44(29-40)49-54-50(45-18-10-16-41(30-45)43-24-26-53-35(2)28-43)56-51(55-49)48-32-46(37-13-7-4-8-14-37)31-47(33-48)39-21-19-38(20-22-39)36-11-5-3-6-12-36/h3-33H,1-2H3. The van der Waals surface area contributed by atoms with Crippen LogP contribution in [-0.2, 0) is 0 Å². The minimum Gasteiger partial charge on any atom is -0.262 e. The van der Waals surface area contributed by atoms with E-state index >= 15 is 0 Å². The third-order valence-electron chi connectivity index (χ3n) is 9.96. The summed E-state index contributed by atoms with van der Waals surface area (Å²) in [6, 6.07) is 61.4. The van der Waals surface area contributed by atoms with E-state index in [1.807, 2.05) is 50.5 Å². The van der Waals surface area contributed by atoms with Gasteiger partial charge in [0, 0.05) is 40.5 Å². The monoisotopic (exact) mass is 719 g/mol. The number of hydrogen-bond acceptors (Lipinski definition) is 5. The molecule has 0 fully saturated rings. The van der Waals surface area contributed by atoms with Crippen LogP contribution in [0.25, 0.3) is 89.8 Å². The number of nitrogens with zero attached hydrogens (tertiary/aromatic N) is 5. The van der Waals surface area contributed by atoms with Gasteiger partial charge in [-0.2, -0.15) is 0 Å². The fourth-order valence-corrected chi connectivity index (χ4v) is 7.10. The van der Waals surface area contributed by atoms with E-state index in [0.717, 1.165) is 72.6 Å². The largest absolute Gasteiger partial charge is 0.262 e. The third kappa shape index (κ3) is 7.39. The smallest absolute Gasteiger partial charge is 0.164 e. The van der Waals surface area contributed by atoms with Crippen molar-refractivity contribution in [3.05, 3.63) is 200 Å². The topological polar surface area (TPSA) is 64.5 Å². The Balaban J connectivity index is 1.22. The number of rotatable bonds is 8. The van der Waals surface area contributed by atoms with Gasteiger partial charge in [-0.05, 0) is 124 Å². The summed E-state index contributed by atoms with van der Waals surface area (Å²) in [4.78, 5) is 24.4. The highest BCUT2D eigenvalue weighted by molar-refractivity contribution is 5.82. The van der Waals surface area contributed by atoms with Gasteiger partial charge in [0.25, 0.3) is 0 Å². The Hall–Kier alpha value is -7.37. The van der Waals surface area contributed by atoms with E-state index in [-0.39, 0.29) is 0 Å². The average Bonchev–Trinajstić information content (AvgIpc) is 3.27. The third-order valence-corrected chi connectivity index (χ3v) is 9.96.